The molecule has 3 unspecified atom stereocenters. The quantitative estimate of drug-likeness (QED) is 0.571. The van der Waals surface area contributed by atoms with Crippen LogP contribution in [0.1, 0.15) is 19.3 Å². The van der Waals surface area contributed by atoms with E-state index in [1.807, 2.05) is 0 Å². The number of piperidine rings is 1. The van der Waals surface area contributed by atoms with Gasteiger partial charge in [0.05, 0.1) is 6.04 Å². The molecule has 0 bridgehead atoms. The molecular formula is C12H21N3OS. The molecule has 0 aromatic rings. The molecule has 0 aromatic carbocycles. The number of fused-ring (bicyclic) bond motifs is 1. The topological polar surface area (TPSA) is 44.4 Å². The number of rotatable bonds is 1. The average molecular weight is 255 g/mol. The first-order chi connectivity index (χ1) is 8.25. The number of thiol groups is 1. The van der Waals surface area contributed by atoms with Crippen LogP contribution in [0.5, 0.6) is 0 Å². The Morgan fingerprint density at radius 2 is 2.18 bits per heavy atom. The van der Waals surface area contributed by atoms with Gasteiger partial charge in [0.15, 0.2) is 0 Å². The summed E-state index contributed by atoms with van der Waals surface area (Å²) in [4.78, 5) is 14.6. The molecule has 3 heterocycles. The molecule has 0 saturated carbocycles. The zero-order chi connectivity index (χ0) is 11.8. The second kappa shape index (κ2) is 4.78. The van der Waals surface area contributed by atoms with Crippen LogP contribution < -0.4 is 10.6 Å². The fourth-order valence-electron chi connectivity index (χ4n) is 3.46. The SMILES string of the molecule is O=C(C1C[C@H](S)CN1)N1CCC2CNCCC21. The van der Waals surface area contributed by atoms with E-state index in [-0.39, 0.29) is 6.04 Å². The predicted molar refractivity (Wildman–Crippen MR) is 70.3 cm³/mol. The van der Waals surface area contributed by atoms with Crippen LogP contribution in [0.15, 0.2) is 0 Å². The zero-order valence-electron chi connectivity index (χ0n) is 10.1. The molecule has 0 radical (unpaired) electrons. The zero-order valence-corrected chi connectivity index (χ0v) is 11.0. The van der Waals surface area contributed by atoms with Crippen molar-refractivity contribution >= 4 is 18.5 Å². The van der Waals surface area contributed by atoms with Crippen LogP contribution in [0, 0.1) is 5.92 Å². The fraction of sp³-hybridized carbons (Fsp3) is 0.917. The Hall–Kier alpha value is -0.260. The van der Waals surface area contributed by atoms with Crippen LogP contribution in [-0.2, 0) is 4.79 Å². The van der Waals surface area contributed by atoms with Crippen molar-refractivity contribution in [2.75, 3.05) is 26.2 Å². The molecule has 3 rings (SSSR count). The molecule has 3 aliphatic heterocycles. The molecule has 4 atom stereocenters. The minimum Gasteiger partial charge on any atom is -0.338 e. The molecule has 4 nitrogen and oxygen atoms in total. The van der Waals surface area contributed by atoms with E-state index in [2.05, 4.69) is 28.2 Å². The summed E-state index contributed by atoms with van der Waals surface area (Å²) in [5.74, 6) is 0.997. The first-order valence-corrected chi connectivity index (χ1v) is 7.20. The van der Waals surface area contributed by atoms with E-state index < -0.39 is 0 Å². The minimum absolute atomic E-state index is 0.0196. The molecule has 0 spiro atoms. The standard InChI is InChI=1S/C12H21N3OS/c16-12(10-5-9(17)7-14-10)15-4-2-8-6-13-3-1-11(8)15/h8-11,13-14,17H,1-7H2/t8?,9-,10?,11?/m0/s1. The summed E-state index contributed by atoms with van der Waals surface area (Å²) in [5, 5.41) is 7.06. The molecule has 17 heavy (non-hydrogen) atoms. The van der Waals surface area contributed by atoms with Gasteiger partial charge in [0.1, 0.15) is 0 Å². The third kappa shape index (κ3) is 2.20. The van der Waals surface area contributed by atoms with Gasteiger partial charge in [-0.15, -0.1) is 0 Å². The molecule has 0 aromatic heterocycles. The minimum atomic E-state index is 0.0196. The molecule has 3 fully saturated rings. The summed E-state index contributed by atoms with van der Waals surface area (Å²) in [6, 6.07) is 0.510. The maximum atomic E-state index is 12.5. The maximum Gasteiger partial charge on any atom is 0.240 e. The Morgan fingerprint density at radius 3 is 2.94 bits per heavy atom. The largest absolute Gasteiger partial charge is 0.338 e. The summed E-state index contributed by atoms with van der Waals surface area (Å²) in [6.07, 6.45) is 3.17. The van der Waals surface area contributed by atoms with Gasteiger partial charge < -0.3 is 15.5 Å². The van der Waals surface area contributed by atoms with E-state index >= 15 is 0 Å². The lowest BCUT2D eigenvalue weighted by Gasteiger charge is -2.33. The van der Waals surface area contributed by atoms with E-state index in [0.29, 0.717) is 23.1 Å². The highest BCUT2D eigenvalue weighted by atomic mass is 32.1. The van der Waals surface area contributed by atoms with E-state index in [9.17, 15) is 4.79 Å². The van der Waals surface area contributed by atoms with Gasteiger partial charge >= 0.3 is 0 Å². The Balaban J connectivity index is 1.65. The van der Waals surface area contributed by atoms with Gasteiger partial charge in [-0.2, -0.15) is 12.6 Å². The lowest BCUT2D eigenvalue weighted by molar-refractivity contribution is -0.134. The van der Waals surface area contributed by atoms with Crippen molar-refractivity contribution < 1.29 is 4.79 Å². The van der Waals surface area contributed by atoms with Gasteiger partial charge in [-0.25, -0.2) is 0 Å². The highest BCUT2D eigenvalue weighted by Gasteiger charge is 2.41. The lowest BCUT2D eigenvalue weighted by Crippen LogP contribution is -2.50. The van der Waals surface area contributed by atoms with Crippen molar-refractivity contribution in [1.82, 2.24) is 15.5 Å². The van der Waals surface area contributed by atoms with E-state index in [1.165, 1.54) is 6.42 Å². The molecular weight excluding hydrogens is 234 g/mol. The molecule has 2 N–H and O–H groups in total. The highest BCUT2D eigenvalue weighted by Crippen LogP contribution is 2.30. The monoisotopic (exact) mass is 255 g/mol. The Kier molecular flexibility index (Phi) is 3.32. The van der Waals surface area contributed by atoms with Crippen molar-refractivity contribution in [1.29, 1.82) is 0 Å². The maximum absolute atomic E-state index is 12.5. The van der Waals surface area contributed by atoms with Crippen LogP contribution in [0.3, 0.4) is 0 Å². The summed E-state index contributed by atoms with van der Waals surface area (Å²) in [5.41, 5.74) is 0. The highest BCUT2D eigenvalue weighted by molar-refractivity contribution is 7.81. The normalized spacial score (nSPS) is 41.6. The number of nitrogens with zero attached hydrogens (tertiary/aromatic N) is 1. The number of carbonyl (C=O) groups is 1. The summed E-state index contributed by atoms with van der Waals surface area (Å²) < 4.78 is 0. The van der Waals surface area contributed by atoms with Crippen LogP contribution in [0.25, 0.3) is 0 Å². The van der Waals surface area contributed by atoms with Crippen molar-refractivity contribution in [3.63, 3.8) is 0 Å². The van der Waals surface area contributed by atoms with Crippen molar-refractivity contribution in [3.8, 4) is 0 Å². The van der Waals surface area contributed by atoms with Crippen LogP contribution in [0.4, 0.5) is 0 Å². The number of likely N-dealkylation sites (tertiary alicyclic amines) is 1. The average Bonchev–Trinajstić information content (AvgIpc) is 2.94. The number of carbonyl (C=O) groups excluding carboxylic acids is 1. The molecule has 3 aliphatic rings. The molecule has 0 aliphatic carbocycles. The van der Waals surface area contributed by atoms with Gasteiger partial charge in [-0.1, -0.05) is 0 Å². The first kappa shape index (κ1) is 11.8. The molecule has 3 saturated heterocycles. The third-order valence-electron chi connectivity index (χ3n) is 4.40. The van der Waals surface area contributed by atoms with Gasteiger partial charge in [-0.05, 0) is 38.3 Å². The van der Waals surface area contributed by atoms with Gasteiger partial charge in [0.25, 0.3) is 0 Å². The lowest BCUT2D eigenvalue weighted by atomic mass is 9.94. The second-order valence-corrected chi connectivity index (χ2v) is 6.22. The second-order valence-electron chi connectivity index (χ2n) is 5.49. The number of nitrogens with one attached hydrogen (secondary N) is 2. The summed E-state index contributed by atoms with van der Waals surface area (Å²) in [6.45, 7) is 3.95. The molecule has 96 valence electrons. The summed E-state index contributed by atoms with van der Waals surface area (Å²) in [7, 11) is 0. The number of hydrogen-bond acceptors (Lipinski definition) is 4. The van der Waals surface area contributed by atoms with Crippen LogP contribution in [-0.4, -0.2) is 54.3 Å². The van der Waals surface area contributed by atoms with Crippen LogP contribution >= 0.6 is 12.6 Å². The smallest absolute Gasteiger partial charge is 0.240 e. The number of amides is 1. The third-order valence-corrected chi connectivity index (χ3v) is 4.79. The van der Waals surface area contributed by atoms with E-state index in [1.54, 1.807) is 0 Å². The Bertz CT molecular complexity index is 312. The van der Waals surface area contributed by atoms with Gasteiger partial charge in [0, 0.05) is 24.4 Å². The first-order valence-electron chi connectivity index (χ1n) is 6.68. The van der Waals surface area contributed by atoms with Crippen molar-refractivity contribution in [2.45, 2.75) is 36.6 Å². The van der Waals surface area contributed by atoms with E-state index in [4.69, 9.17) is 0 Å². The Morgan fingerprint density at radius 1 is 1.29 bits per heavy atom. The van der Waals surface area contributed by atoms with Crippen molar-refractivity contribution in [2.24, 2.45) is 5.92 Å². The summed E-state index contributed by atoms with van der Waals surface area (Å²) >= 11 is 4.44. The molecule has 5 heteroatoms. The van der Waals surface area contributed by atoms with Gasteiger partial charge in [0.2, 0.25) is 5.91 Å². The Labute approximate surface area is 108 Å². The van der Waals surface area contributed by atoms with Crippen molar-refractivity contribution in [3.05, 3.63) is 0 Å². The van der Waals surface area contributed by atoms with E-state index in [0.717, 1.165) is 39.0 Å². The fourth-order valence-corrected chi connectivity index (χ4v) is 3.78. The number of hydrogen-bond donors (Lipinski definition) is 3. The van der Waals surface area contributed by atoms with Crippen LogP contribution in [0.2, 0.25) is 0 Å². The predicted octanol–water partition coefficient (Wildman–Crippen LogP) is -0.143. The molecule has 1 amide bonds. The van der Waals surface area contributed by atoms with Gasteiger partial charge in [-0.3, -0.25) is 4.79 Å².